The van der Waals surface area contributed by atoms with Crippen LogP contribution in [0.5, 0.6) is 0 Å². The van der Waals surface area contributed by atoms with Gasteiger partial charge >= 0.3 is 0 Å². The maximum Gasteiger partial charge on any atom is 0.236 e. The van der Waals surface area contributed by atoms with Crippen LogP contribution in [-0.2, 0) is 4.79 Å². The summed E-state index contributed by atoms with van der Waals surface area (Å²) in [5.41, 5.74) is 6.10. The van der Waals surface area contributed by atoms with Crippen LogP contribution >= 0.6 is 22.9 Å². The van der Waals surface area contributed by atoms with Crippen LogP contribution in [0.15, 0.2) is 12.1 Å². The molecule has 0 radical (unpaired) electrons. The van der Waals surface area contributed by atoms with Gasteiger partial charge in [-0.3, -0.25) is 9.69 Å². The Kier molecular flexibility index (Phi) is 6.26. The van der Waals surface area contributed by atoms with Crippen LogP contribution < -0.4 is 5.73 Å². The number of rotatable bonds is 6. The van der Waals surface area contributed by atoms with Crippen molar-refractivity contribution in [2.24, 2.45) is 5.73 Å². The Labute approximate surface area is 124 Å². The second-order valence-corrected chi connectivity index (χ2v) is 6.54. The zero-order valence-corrected chi connectivity index (χ0v) is 13.5. The lowest BCUT2D eigenvalue weighted by Crippen LogP contribution is -2.44. The van der Waals surface area contributed by atoms with Gasteiger partial charge in [-0.05, 0) is 25.6 Å². The van der Waals surface area contributed by atoms with E-state index in [9.17, 15) is 4.79 Å². The Balaban J connectivity index is 2.92. The largest absolute Gasteiger partial charge is 0.348 e. The topological polar surface area (TPSA) is 49.6 Å². The molecule has 19 heavy (non-hydrogen) atoms. The van der Waals surface area contributed by atoms with Crippen LogP contribution in [0.3, 0.4) is 0 Å². The van der Waals surface area contributed by atoms with Gasteiger partial charge in [0.05, 0.1) is 16.9 Å². The molecule has 108 valence electrons. The second-order valence-electron chi connectivity index (χ2n) is 4.80. The lowest BCUT2D eigenvalue weighted by Gasteiger charge is -2.32. The number of hydrogen-bond acceptors (Lipinski definition) is 4. The number of carbonyl (C=O) groups is 1. The Morgan fingerprint density at radius 1 is 1.47 bits per heavy atom. The molecule has 2 unspecified atom stereocenters. The summed E-state index contributed by atoms with van der Waals surface area (Å²) < 4.78 is 0.746. The number of nitrogens with zero attached hydrogens (tertiary/aromatic N) is 2. The number of hydrogen-bond donors (Lipinski definition) is 1. The van der Waals surface area contributed by atoms with E-state index in [1.807, 2.05) is 26.0 Å². The standard InChI is InChI=1S/C13H22ClN3OS/c1-5-17(8-12(18)16(3)4)13(9(2)15)10-6-7-11(14)19-10/h6-7,9,13H,5,8,15H2,1-4H3. The average molecular weight is 304 g/mol. The lowest BCUT2D eigenvalue weighted by atomic mass is 10.1. The number of nitrogens with two attached hydrogens (primary N) is 1. The molecule has 0 saturated carbocycles. The first kappa shape index (κ1) is 16.4. The van der Waals surface area contributed by atoms with Crippen molar-refractivity contribution in [3.63, 3.8) is 0 Å². The van der Waals surface area contributed by atoms with Gasteiger partial charge in [0.2, 0.25) is 5.91 Å². The van der Waals surface area contributed by atoms with Crippen molar-refractivity contribution in [1.82, 2.24) is 9.80 Å². The van der Waals surface area contributed by atoms with Crippen molar-refractivity contribution in [3.8, 4) is 0 Å². The maximum atomic E-state index is 11.9. The molecular formula is C13H22ClN3OS. The minimum atomic E-state index is -0.0652. The molecule has 0 aliphatic rings. The molecular weight excluding hydrogens is 282 g/mol. The third kappa shape index (κ3) is 4.45. The fourth-order valence-electron chi connectivity index (χ4n) is 1.98. The first-order chi connectivity index (χ1) is 8.86. The molecule has 1 rings (SSSR count). The van der Waals surface area contributed by atoms with Crippen LogP contribution in [-0.4, -0.2) is 48.9 Å². The molecule has 0 fully saturated rings. The zero-order chi connectivity index (χ0) is 14.6. The van der Waals surface area contributed by atoms with Gasteiger partial charge in [0.1, 0.15) is 0 Å². The van der Waals surface area contributed by atoms with Crippen LogP contribution in [0.4, 0.5) is 0 Å². The third-order valence-electron chi connectivity index (χ3n) is 3.02. The molecule has 0 spiro atoms. The van der Waals surface area contributed by atoms with Crippen molar-refractivity contribution in [2.45, 2.75) is 25.9 Å². The second kappa shape index (κ2) is 7.24. The smallest absolute Gasteiger partial charge is 0.236 e. The monoisotopic (exact) mass is 303 g/mol. The third-order valence-corrected chi connectivity index (χ3v) is 4.32. The van der Waals surface area contributed by atoms with E-state index >= 15 is 0 Å². The van der Waals surface area contributed by atoms with Gasteiger partial charge in [-0.2, -0.15) is 0 Å². The molecule has 1 aromatic heterocycles. The fourth-order valence-corrected chi connectivity index (χ4v) is 3.29. The Hall–Kier alpha value is -0.620. The first-order valence-corrected chi connectivity index (χ1v) is 7.51. The van der Waals surface area contributed by atoms with Gasteiger partial charge < -0.3 is 10.6 Å². The minimum absolute atomic E-state index is 0.0198. The highest BCUT2D eigenvalue weighted by molar-refractivity contribution is 7.16. The summed E-state index contributed by atoms with van der Waals surface area (Å²) in [5.74, 6) is 0.0788. The number of amides is 1. The van der Waals surface area contributed by atoms with Crippen molar-refractivity contribution >= 4 is 28.8 Å². The summed E-state index contributed by atoms with van der Waals surface area (Å²) in [4.78, 5) is 16.7. The SMILES string of the molecule is CCN(CC(=O)N(C)C)C(c1ccc(Cl)s1)C(C)N. The maximum absolute atomic E-state index is 11.9. The molecule has 0 aromatic carbocycles. The molecule has 2 N–H and O–H groups in total. The highest BCUT2D eigenvalue weighted by atomic mass is 35.5. The van der Waals surface area contributed by atoms with E-state index in [4.69, 9.17) is 17.3 Å². The molecule has 1 aromatic rings. The summed E-state index contributed by atoms with van der Waals surface area (Å²) >= 11 is 7.52. The normalized spacial score (nSPS) is 14.5. The quantitative estimate of drug-likeness (QED) is 0.876. The summed E-state index contributed by atoms with van der Waals surface area (Å²) in [7, 11) is 3.53. The van der Waals surface area contributed by atoms with Crippen LogP contribution in [0.1, 0.15) is 24.8 Å². The van der Waals surface area contributed by atoms with Gasteiger partial charge in [0.15, 0.2) is 0 Å². The van der Waals surface area contributed by atoms with Crippen molar-refractivity contribution in [3.05, 3.63) is 21.3 Å². The Bertz CT molecular complexity index is 420. The molecule has 4 nitrogen and oxygen atoms in total. The van der Waals surface area contributed by atoms with Crippen molar-refractivity contribution in [1.29, 1.82) is 0 Å². The van der Waals surface area contributed by atoms with Crippen LogP contribution in [0, 0.1) is 0 Å². The minimum Gasteiger partial charge on any atom is -0.348 e. The zero-order valence-electron chi connectivity index (χ0n) is 11.9. The number of carbonyl (C=O) groups excluding carboxylic acids is 1. The molecule has 0 aliphatic heterocycles. The van der Waals surface area contributed by atoms with E-state index in [0.29, 0.717) is 6.54 Å². The van der Waals surface area contributed by atoms with Crippen LogP contribution in [0.25, 0.3) is 0 Å². The van der Waals surface area contributed by atoms with Crippen LogP contribution in [0.2, 0.25) is 4.34 Å². The van der Waals surface area contributed by atoms with Gasteiger partial charge in [-0.25, -0.2) is 0 Å². The average Bonchev–Trinajstić information content (AvgIpc) is 2.73. The van der Waals surface area contributed by atoms with Gasteiger partial charge in [-0.15, -0.1) is 11.3 Å². The molecule has 1 amide bonds. The Morgan fingerprint density at radius 2 is 2.11 bits per heavy atom. The Morgan fingerprint density at radius 3 is 2.47 bits per heavy atom. The molecule has 0 bridgehead atoms. The number of thiophene rings is 1. The fraction of sp³-hybridized carbons (Fsp3) is 0.615. The summed E-state index contributed by atoms with van der Waals surface area (Å²) in [6.45, 7) is 5.13. The molecule has 2 atom stereocenters. The van der Waals surface area contributed by atoms with E-state index < -0.39 is 0 Å². The lowest BCUT2D eigenvalue weighted by molar-refractivity contribution is -0.130. The number of halogens is 1. The predicted molar refractivity (Wildman–Crippen MR) is 81.7 cm³/mol. The summed E-state index contributed by atoms with van der Waals surface area (Å²) in [5, 5.41) is 0. The predicted octanol–water partition coefficient (Wildman–Crippen LogP) is 2.20. The molecule has 0 saturated heterocycles. The molecule has 6 heteroatoms. The van der Waals surface area contributed by atoms with E-state index in [0.717, 1.165) is 15.8 Å². The van der Waals surface area contributed by atoms with Crippen molar-refractivity contribution in [2.75, 3.05) is 27.2 Å². The molecule has 0 aliphatic carbocycles. The molecule has 1 heterocycles. The first-order valence-electron chi connectivity index (χ1n) is 6.31. The van der Waals surface area contributed by atoms with Gasteiger partial charge in [0, 0.05) is 25.0 Å². The van der Waals surface area contributed by atoms with Gasteiger partial charge in [-0.1, -0.05) is 18.5 Å². The van der Waals surface area contributed by atoms with E-state index in [1.54, 1.807) is 19.0 Å². The van der Waals surface area contributed by atoms with E-state index in [-0.39, 0.29) is 18.0 Å². The summed E-state index contributed by atoms with van der Waals surface area (Å²) in [6, 6.07) is 3.82. The highest BCUT2D eigenvalue weighted by Crippen LogP contribution is 2.32. The van der Waals surface area contributed by atoms with E-state index in [1.165, 1.54) is 11.3 Å². The highest BCUT2D eigenvalue weighted by Gasteiger charge is 2.26. The van der Waals surface area contributed by atoms with Crippen molar-refractivity contribution < 1.29 is 4.79 Å². The number of likely N-dealkylation sites (N-methyl/N-ethyl adjacent to an activating group) is 2. The van der Waals surface area contributed by atoms with E-state index in [2.05, 4.69) is 4.90 Å². The van der Waals surface area contributed by atoms with Gasteiger partial charge in [0.25, 0.3) is 0 Å². The summed E-state index contributed by atoms with van der Waals surface area (Å²) in [6.07, 6.45) is 0.